The molecule has 1 aliphatic heterocycles. The summed E-state index contributed by atoms with van der Waals surface area (Å²) >= 11 is 0. The van der Waals surface area contributed by atoms with Gasteiger partial charge < -0.3 is 4.90 Å². The van der Waals surface area contributed by atoms with E-state index in [4.69, 9.17) is 0 Å². The molecule has 2 aliphatic rings. The van der Waals surface area contributed by atoms with Crippen LogP contribution in [0.15, 0.2) is 0 Å². The molecule has 1 aliphatic carbocycles. The zero-order chi connectivity index (χ0) is 9.26. The lowest BCUT2D eigenvalue weighted by atomic mass is 9.88. The molecular weight excluding hydrogens is 158 g/mol. The number of rotatable bonds is 3. The van der Waals surface area contributed by atoms with Gasteiger partial charge in [-0.1, -0.05) is 20.3 Å². The van der Waals surface area contributed by atoms with E-state index >= 15 is 0 Å². The maximum absolute atomic E-state index is 2.72. The summed E-state index contributed by atoms with van der Waals surface area (Å²) in [6.07, 6.45) is 5.85. The van der Waals surface area contributed by atoms with Crippen LogP contribution >= 0.6 is 0 Å². The Kier molecular flexibility index (Phi) is 2.92. The summed E-state index contributed by atoms with van der Waals surface area (Å²) in [6.45, 7) is 8.92. The molecule has 0 radical (unpaired) electrons. The van der Waals surface area contributed by atoms with Gasteiger partial charge in [-0.15, -0.1) is 0 Å². The Morgan fingerprint density at radius 1 is 1.15 bits per heavy atom. The van der Waals surface area contributed by atoms with Crippen molar-refractivity contribution in [3.05, 3.63) is 0 Å². The summed E-state index contributed by atoms with van der Waals surface area (Å²) in [5.41, 5.74) is 0. The predicted octanol–water partition coefficient (Wildman–Crippen LogP) is 2.76. The van der Waals surface area contributed by atoms with Crippen LogP contribution in [0.3, 0.4) is 0 Å². The van der Waals surface area contributed by atoms with Crippen molar-refractivity contribution in [3.8, 4) is 0 Å². The molecule has 76 valence electrons. The predicted molar refractivity (Wildman–Crippen MR) is 56.7 cm³/mol. The van der Waals surface area contributed by atoms with E-state index in [1.807, 2.05) is 0 Å². The van der Waals surface area contributed by atoms with Gasteiger partial charge >= 0.3 is 0 Å². The second kappa shape index (κ2) is 4.00. The highest BCUT2D eigenvalue weighted by Crippen LogP contribution is 2.32. The van der Waals surface area contributed by atoms with Crippen molar-refractivity contribution in [1.82, 2.24) is 4.90 Å². The van der Waals surface area contributed by atoms with Gasteiger partial charge in [-0.05, 0) is 37.0 Å². The lowest BCUT2D eigenvalue weighted by Crippen LogP contribution is -2.40. The van der Waals surface area contributed by atoms with Crippen molar-refractivity contribution in [2.75, 3.05) is 19.6 Å². The minimum absolute atomic E-state index is 0.942. The number of likely N-dealkylation sites (tertiary alicyclic amines) is 1. The van der Waals surface area contributed by atoms with Crippen LogP contribution in [0.1, 0.15) is 39.5 Å². The Bertz CT molecular complexity index is 161. The minimum atomic E-state index is 0.942. The molecule has 1 nitrogen and oxygen atoms in total. The first-order valence-corrected chi connectivity index (χ1v) is 6.00. The molecule has 0 unspecified atom stereocenters. The standard InChI is InChI=1S/C12H23N/c1-3-11-6-10(2)7-13(8-11)9-12-4-5-12/h10-12H,3-9H2,1-2H3/t10-,11-/m0/s1. The average Bonchev–Trinajstić information content (AvgIpc) is 2.87. The smallest absolute Gasteiger partial charge is 0.000989 e. The van der Waals surface area contributed by atoms with Gasteiger partial charge in [-0.25, -0.2) is 0 Å². The Labute approximate surface area is 82.5 Å². The van der Waals surface area contributed by atoms with Crippen molar-refractivity contribution in [3.63, 3.8) is 0 Å². The maximum Gasteiger partial charge on any atom is 0.000989 e. The van der Waals surface area contributed by atoms with Crippen LogP contribution in [0.5, 0.6) is 0 Å². The molecule has 1 heterocycles. The molecule has 0 aromatic heterocycles. The Hall–Kier alpha value is -0.0400. The maximum atomic E-state index is 2.72. The van der Waals surface area contributed by atoms with Crippen LogP contribution in [0.25, 0.3) is 0 Å². The molecular formula is C12H23N. The van der Waals surface area contributed by atoms with Gasteiger partial charge in [0.05, 0.1) is 0 Å². The second-order valence-corrected chi connectivity index (χ2v) is 5.28. The summed E-state index contributed by atoms with van der Waals surface area (Å²) in [7, 11) is 0. The van der Waals surface area contributed by atoms with E-state index in [-0.39, 0.29) is 0 Å². The topological polar surface area (TPSA) is 3.24 Å². The fourth-order valence-corrected chi connectivity index (χ4v) is 2.71. The van der Waals surface area contributed by atoms with E-state index in [0.717, 1.165) is 17.8 Å². The molecule has 2 rings (SSSR count). The SMILES string of the molecule is CC[C@H]1C[C@H](C)CN(CC2CC2)C1. The Morgan fingerprint density at radius 2 is 1.92 bits per heavy atom. The van der Waals surface area contributed by atoms with Crippen LogP contribution in [0.2, 0.25) is 0 Å². The lowest BCUT2D eigenvalue weighted by molar-refractivity contribution is 0.125. The number of hydrogen-bond acceptors (Lipinski definition) is 1. The first kappa shape index (κ1) is 9.51. The van der Waals surface area contributed by atoms with Crippen LogP contribution < -0.4 is 0 Å². The summed E-state index contributed by atoms with van der Waals surface area (Å²) in [5, 5.41) is 0. The van der Waals surface area contributed by atoms with E-state index in [9.17, 15) is 0 Å². The molecule has 2 fully saturated rings. The van der Waals surface area contributed by atoms with E-state index in [2.05, 4.69) is 18.7 Å². The minimum Gasteiger partial charge on any atom is -0.303 e. The molecule has 1 saturated carbocycles. The summed E-state index contributed by atoms with van der Waals surface area (Å²) in [6, 6.07) is 0. The third kappa shape index (κ3) is 2.70. The molecule has 0 aromatic rings. The van der Waals surface area contributed by atoms with Crippen molar-refractivity contribution >= 4 is 0 Å². The summed E-state index contributed by atoms with van der Waals surface area (Å²) in [5.74, 6) is 3.00. The van der Waals surface area contributed by atoms with Crippen molar-refractivity contribution in [1.29, 1.82) is 0 Å². The van der Waals surface area contributed by atoms with Crippen molar-refractivity contribution < 1.29 is 0 Å². The highest BCUT2D eigenvalue weighted by molar-refractivity contribution is 4.82. The summed E-state index contributed by atoms with van der Waals surface area (Å²) in [4.78, 5) is 2.72. The van der Waals surface area contributed by atoms with Crippen LogP contribution in [0.4, 0.5) is 0 Å². The van der Waals surface area contributed by atoms with E-state index in [0.29, 0.717) is 0 Å². The van der Waals surface area contributed by atoms with Crippen LogP contribution in [-0.2, 0) is 0 Å². The van der Waals surface area contributed by atoms with Gasteiger partial charge in [0.15, 0.2) is 0 Å². The molecule has 13 heavy (non-hydrogen) atoms. The highest BCUT2D eigenvalue weighted by atomic mass is 15.1. The van der Waals surface area contributed by atoms with Gasteiger partial charge in [0.25, 0.3) is 0 Å². The van der Waals surface area contributed by atoms with Crippen molar-refractivity contribution in [2.24, 2.45) is 17.8 Å². The second-order valence-electron chi connectivity index (χ2n) is 5.28. The van der Waals surface area contributed by atoms with Gasteiger partial charge in [0.1, 0.15) is 0 Å². The Morgan fingerprint density at radius 3 is 2.54 bits per heavy atom. The lowest BCUT2D eigenvalue weighted by Gasteiger charge is -2.36. The highest BCUT2D eigenvalue weighted by Gasteiger charge is 2.29. The molecule has 0 aromatic carbocycles. The fraction of sp³-hybridized carbons (Fsp3) is 1.00. The normalized spacial score (nSPS) is 36.5. The third-order valence-corrected chi connectivity index (χ3v) is 3.61. The first-order valence-electron chi connectivity index (χ1n) is 6.00. The van der Waals surface area contributed by atoms with Crippen LogP contribution in [-0.4, -0.2) is 24.5 Å². The molecule has 0 bridgehead atoms. The average molecular weight is 181 g/mol. The molecule has 0 spiro atoms. The summed E-state index contributed by atoms with van der Waals surface area (Å²) < 4.78 is 0. The molecule has 0 N–H and O–H groups in total. The van der Waals surface area contributed by atoms with Gasteiger partial charge in [0, 0.05) is 19.6 Å². The number of piperidine rings is 1. The van der Waals surface area contributed by atoms with Gasteiger partial charge in [0.2, 0.25) is 0 Å². The molecule has 1 heteroatoms. The van der Waals surface area contributed by atoms with E-state index < -0.39 is 0 Å². The molecule has 2 atom stereocenters. The number of nitrogens with zero attached hydrogens (tertiary/aromatic N) is 1. The largest absolute Gasteiger partial charge is 0.303 e. The van der Waals surface area contributed by atoms with E-state index in [1.54, 1.807) is 0 Å². The van der Waals surface area contributed by atoms with Gasteiger partial charge in [-0.3, -0.25) is 0 Å². The molecule has 0 amide bonds. The number of hydrogen-bond donors (Lipinski definition) is 0. The fourth-order valence-electron chi connectivity index (χ4n) is 2.71. The zero-order valence-electron chi connectivity index (χ0n) is 9.13. The quantitative estimate of drug-likeness (QED) is 0.647. The van der Waals surface area contributed by atoms with Gasteiger partial charge in [-0.2, -0.15) is 0 Å². The third-order valence-electron chi connectivity index (χ3n) is 3.61. The van der Waals surface area contributed by atoms with Crippen LogP contribution in [0, 0.1) is 17.8 Å². The molecule has 1 saturated heterocycles. The monoisotopic (exact) mass is 181 g/mol. The van der Waals surface area contributed by atoms with E-state index in [1.165, 1.54) is 45.3 Å². The zero-order valence-corrected chi connectivity index (χ0v) is 9.13. The Balaban J connectivity index is 1.80. The van der Waals surface area contributed by atoms with Crippen molar-refractivity contribution in [2.45, 2.75) is 39.5 Å². The first-order chi connectivity index (χ1) is 6.28.